The summed E-state index contributed by atoms with van der Waals surface area (Å²) < 4.78 is 13.2. The van der Waals surface area contributed by atoms with E-state index < -0.39 is 0 Å². The summed E-state index contributed by atoms with van der Waals surface area (Å²) in [5.41, 5.74) is 2.01. The number of hydrogen-bond acceptors (Lipinski definition) is 2. The van der Waals surface area contributed by atoms with Gasteiger partial charge in [-0.25, -0.2) is 4.39 Å². The Morgan fingerprint density at radius 1 is 1.22 bits per heavy atom. The van der Waals surface area contributed by atoms with Crippen molar-refractivity contribution in [3.8, 4) is 0 Å². The molecule has 90 valence electrons. The first-order chi connectivity index (χ1) is 8.75. The van der Waals surface area contributed by atoms with Crippen LogP contribution in [0.2, 0.25) is 0 Å². The van der Waals surface area contributed by atoms with Gasteiger partial charge in [-0.3, -0.25) is 9.78 Å². The molecule has 0 spiro atoms. The highest BCUT2D eigenvalue weighted by Crippen LogP contribution is 2.23. The molecule has 0 unspecified atom stereocenters. The van der Waals surface area contributed by atoms with E-state index in [0.717, 1.165) is 5.69 Å². The molecule has 3 nitrogen and oxygen atoms in total. The maximum atomic E-state index is 13.2. The van der Waals surface area contributed by atoms with Crippen LogP contribution in [0, 0.1) is 5.82 Å². The number of carbonyl (C=O) groups excluding carboxylic acids is 1. The van der Waals surface area contributed by atoms with E-state index in [1.807, 2.05) is 0 Å². The second-order valence-corrected chi connectivity index (χ2v) is 4.18. The SMILES string of the molecule is O=C1c2cccnc2CCN1c1cccc(F)c1. The first-order valence-electron chi connectivity index (χ1n) is 5.77. The van der Waals surface area contributed by atoms with E-state index >= 15 is 0 Å². The molecule has 1 aliphatic heterocycles. The van der Waals surface area contributed by atoms with Crippen LogP contribution in [0.3, 0.4) is 0 Å². The van der Waals surface area contributed by atoms with Gasteiger partial charge in [0, 0.05) is 24.8 Å². The molecule has 4 heteroatoms. The van der Waals surface area contributed by atoms with E-state index in [0.29, 0.717) is 24.2 Å². The Balaban J connectivity index is 2.00. The molecule has 1 amide bonds. The molecule has 1 aliphatic rings. The van der Waals surface area contributed by atoms with Gasteiger partial charge in [-0.15, -0.1) is 0 Å². The fraction of sp³-hybridized carbons (Fsp3) is 0.143. The van der Waals surface area contributed by atoms with Gasteiger partial charge in [0.2, 0.25) is 0 Å². The van der Waals surface area contributed by atoms with E-state index in [-0.39, 0.29) is 11.7 Å². The largest absolute Gasteiger partial charge is 0.308 e. The van der Waals surface area contributed by atoms with Crippen LogP contribution in [0.1, 0.15) is 16.1 Å². The van der Waals surface area contributed by atoms with Crippen molar-refractivity contribution in [3.05, 3.63) is 59.7 Å². The third-order valence-electron chi connectivity index (χ3n) is 3.06. The molecule has 2 aromatic rings. The Labute approximate surface area is 104 Å². The zero-order chi connectivity index (χ0) is 12.5. The molecule has 0 saturated heterocycles. The van der Waals surface area contributed by atoms with E-state index in [4.69, 9.17) is 0 Å². The molecule has 0 saturated carbocycles. The van der Waals surface area contributed by atoms with Crippen molar-refractivity contribution in [1.82, 2.24) is 4.98 Å². The quantitative estimate of drug-likeness (QED) is 0.769. The van der Waals surface area contributed by atoms with E-state index in [1.54, 1.807) is 35.4 Å². The first-order valence-corrected chi connectivity index (χ1v) is 5.77. The van der Waals surface area contributed by atoms with E-state index in [9.17, 15) is 9.18 Å². The second-order valence-electron chi connectivity index (χ2n) is 4.18. The minimum Gasteiger partial charge on any atom is -0.308 e. The lowest BCUT2D eigenvalue weighted by atomic mass is 10.0. The van der Waals surface area contributed by atoms with E-state index in [2.05, 4.69) is 4.98 Å². The van der Waals surface area contributed by atoms with Crippen LogP contribution in [0.5, 0.6) is 0 Å². The van der Waals surface area contributed by atoms with Crippen LogP contribution < -0.4 is 4.90 Å². The molecule has 0 bridgehead atoms. The van der Waals surface area contributed by atoms with Crippen LogP contribution in [0.15, 0.2) is 42.6 Å². The smallest absolute Gasteiger partial charge is 0.260 e. The summed E-state index contributed by atoms with van der Waals surface area (Å²) in [4.78, 5) is 18.1. The molecule has 0 radical (unpaired) electrons. The summed E-state index contributed by atoms with van der Waals surface area (Å²) in [6.45, 7) is 0.534. The third-order valence-corrected chi connectivity index (χ3v) is 3.06. The lowest BCUT2D eigenvalue weighted by molar-refractivity contribution is 0.0980. The molecule has 0 N–H and O–H groups in total. The van der Waals surface area contributed by atoms with Gasteiger partial charge in [0.05, 0.1) is 11.3 Å². The number of benzene rings is 1. The van der Waals surface area contributed by atoms with Gasteiger partial charge >= 0.3 is 0 Å². The molecular weight excluding hydrogens is 231 g/mol. The Morgan fingerprint density at radius 3 is 2.94 bits per heavy atom. The average molecular weight is 242 g/mol. The highest BCUT2D eigenvalue weighted by atomic mass is 19.1. The number of halogens is 1. The van der Waals surface area contributed by atoms with Crippen LogP contribution >= 0.6 is 0 Å². The van der Waals surface area contributed by atoms with Crippen LogP contribution in [0.4, 0.5) is 10.1 Å². The molecule has 1 aromatic heterocycles. The van der Waals surface area contributed by atoms with Crippen molar-refractivity contribution in [3.63, 3.8) is 0 Å². The van der Waals surface area contributed by atoms with Gasteiger partial charge in [-0.2, -0.15) is 0 Å². The second kappa shape index (κ2) is 4.22. The van der Waals surface area contributed by atoms with Crippen molar-refractivity contribution in [2.24, 2.45) is 0 Å². The minimum atomic E-state index is -0.336. The van der Waals surface area contributed by atoms with Gasteiger partial charge < -0.3 is 4.90 Å². The fourth-order valence-electron chi connectivity index (χ4n) is 2.19. The van der Waals surface area contributed by atoms with Crippen LogP contribution in [0.25, 0.3) is 0 Å². The topological polar surface area (TPSA) is 33.2 Å². The number of fused-ring (bicyclic) bond motifs is 1. The van der Waals surface area contributed by atoms with Crippen molar-refractivity contribution in [1.29, 1.82) is 0 Å². The average Bonchev–Trinajstić information content (AvgIpc) is 2.39. The maximum absolute atomic E-state index is 13.2. The normalized spacial score (nSPS) is 14.5. The molecule has 0 aliphatic carbocycles. The predicted octanol–water partition coefficient (Wildman–Crippen LogP) is 2.42. The summed E-state index contributed by atoms with van der Waals surface area (Å²) in [7, 11) is 0. The zero-order valence-electron chi connectivity index (χ0n) is 9.64. The summed E-state index contributed by atoms with van der Waals surface area (Å²) in [6, 6.07) is 9.59. The number of amides is 1. The predicted molar refractivity (Wildman–Crippen MR) is 66.0 cm³/mol. The first kappa shape index (κ1) is 10.9. The number of nitrogens with zero attached hydrogens (tertiary/aromatic N) is 2. The van der Waals surface area contributed by atoms with Crippen molar-refractivity contribution >= 4 is 11.6 Å². The lowest BCUT2D eigenvalue weighted by Crippen LogP contribution is -2.38. The molecule has 3 rings (SSSR count). The Kier molecular flexibility index (Phi) is 2.55. The standard InChI is InChI=1S/C14H11FN2O/c15-10-3-1-4-11(9-10)17-8-6-13-12(14(17)18)5-2-7-16-13/h1-5,7,9H,6,8H2. The summed E-state index contributed by atoms with van der Waals surface area (Å²) >= 11 is 0. The van der Waals surface area contributed by atoms with Crippen molar-refractivity contribution in [2.45, 2.75) is 6.42 Å². The molecule has 0 atom stereocenters. The number of pyridine rings is 1. The van der Waals surface area contributed by atoms with Gasteiger partial charge in [-0.05, 0) is 30.3 Å². The highest BCUT2D eigenvalue weighted by Gasteiger charge is 2.25. The number of hydrogen-bond donors (Lipinski definition) is 0. The Bertz CT molecular complexity index is 612. The minimum absolute atomic E-state index is 0.116. The van der Waals surface area contributed by atoms with Crippen molar-refractivity contribution in [2.75, 3.05) is 11.4 Å². The van der Waals surface area contributed by atoms with Gasteiger partial charge in [-0.1, -0.05) is 6.07 Å². The number of carbonyl (C=O) groups is 1. The molecule has 2 heterocycles. The zero-order valence-corrected chi connectivity index (χ0v) is 9.64. The molecule has 18 heavy (non-hydrogen) atoms. The molecular formula is C14H11FN2O. The summed E-state index contributed by atoms with van der Waals surface area (Å²) in [5.74, 6) is -0.452. The third kappa shape index (κ3) is 1.76. The Morgan fingerprint density at radius 2 is 2.11 bits per heavy atom. The van der Waals surface area contributed by atoms with Crippen molar-refractivity contribution < 1.29 is 9.18 Å². The maximum Gasteiger partial charge on any atom is 0.260 e. The number of aromatic nitrogens is 1. The van der Waals surface area contributed by atoms with Gasteiger partial charge in [0.25, 0.3) is 5.91 Å². The fourth-order valence-corrected chi connectivity index (χ4v) is 2.19. The lowest BCUT2D eigenvalue weighted by Gasteiger charge is -2.27. The summed E-state index contributed by atoms with van der Waals surface area (Å²) in [5, 5.41) is 0. The number of anilines is 1. The van der Waals surface area contributed by atoms with Crippen LogP contribution in [-0.4, -0.2) is 17.4 Å². The van der Waals surface area contributed by atoms with Gasteiger partial charge in [0.15, 0.2) is 0 Å². The van der Waals surface area contributed by atoms with Gasteiger partial charge in [0.1, 0.15) is 5.82 Å². The summed E-state index contributed by atoms with van der Waals surface area (Å²) in [6.07, 6.45) is 2.38. The Hall–Kier alpha value is -2.23. The molecule has 1 aromatic carbocycles. The van der Waals surface area contributed by atoms with E-state index in [1.165, 1.54) is 12.1 Å². The highest BCUT2D eigenvalue weighted by molar-refractivity contribution is 6.07. The monoisotopic (exact) mass is 242 g/mol. The number of rotatable bonds is 1. The van der Waals surface area contributed by atoms with Crippen LogP contribution in [-0.2, 0) is 6.42 Å². The molecule has 0 fully saturated rings.